The quantitative estimate of drug-likeness (QED) is 0.890. The number of hydrogen-bond donors (Lipinski definition) is 1. The van der Waals surface area contributed by atoms with Crippen molar-refractivity contribution in [3.05, 3.63) is 70.9 Å². The number of amides is 1. The molecule has 0 saturated heterocycles. The Morgan fingerprint density at radius 3 is 2.52 bits per heavy atom. The Kier molecular flexibility index (Phi) is 3.74. The molecule has 27 heavy (non-hydrogen) atoms. The average Bonchev–Trinajstić information content (AvgIpc) is 3.15. The van der Waals surface area contributed by atoms with Crippen LogP contribution in [-0.4, -0.2) is 18.5 Å². The molecule has 0 aromatic heterocycles. The highest BCUT2D eigenvalue weighted by Crippen LogP contribution is 2.44. The van der Waals surface area contributed by atoms with Crippen molar-refractivity contribution in [3.8, 4) is 11.5 Å². The molecule has 2 heterocycles. The van der Waals surface area contributed by atoms with Crippen LogP contribution in [0.1, 0.15) is 42.2 Å². The number of fused-ring (bicyclic) bond motifs is 1. The van der Waals surface area contributed by atoms with Crippen LogP contribution >= 0.6 is 0 Å². The van der Waals surface area contributed by atoms with Gasteiger partial charge in [-0.2, -0.15) is 0 Å². The van der Waals surface area contributed by atoms with Crippen LogP contribution in [0.15, 0.2) is 59.8 Å². The number of nitrogens with one attached hydrogen (secondary N) is 1. The molecule has 0 unspecified atom stereocenters. The second kappa shape index (κ2) is 6.27. The Labute approximate surface area is 157 Å². The SMILES string of the molecule is O=C1C[C@@H](c2ccc3c(c2)OCO3)C2=C(C[C@@H](c3ccccc3)CC2=O)N1. The topological polar surface area (TPSA) is 64.6 Å². The fraction of sp³-hybridized carbons (Fsp3) is 0.273. The molecule has 1 N–H and O–H groups in total. The van der Waals surface area contributed by atoms with Crippen molar-refractivity contribution in [1.82, 2.24) is 5.32 Å². The third-order valence-corrected chi connectivity index (χ3v) is 5.61. The molecular formula is C22H19NO4. The van der Waals surface area contributed by atoms with Crippen molar-refractivity contribution in [2.24, 2.45) is 0 Å². The van der Waals surface area contributed by atoms with Gasteiger partial charge < -0.3 is 14.8 Å². The maximum absolute atomic E-state index is 13.1. The lowest BCUT2D eigenvalue weighted by Gasteiger charge is -2.34. The number of hydrogen-bond acceptors (Lipinski definition) is 4. The molecule has 5 heteroatoms. The molecule has 136 valence electrons. The van der Waals surface area contributed by atoms with Crippen LogP contribution in [0.25, 0.3) is 0 Å². The van der Waals surface area contributed by atoms with Crippen molar-refractivity contribution in [2.75, 3.05) is 6.79 Å². The molecule has 2 atom stereocenters. The lowest BCUT2D eigenvalue weighted by molar-refractivity contribution is -0.122. The summed E-state index contributed by atoms with van der Waals surface area (Å²) in [5, 5.41) is 2.96. The second-order valence-corrected chi connectivity index (χ2v) is 7.25. The van der Waals surface area contributed by atoms with Gasteiger partial charge in [0.1, 0.15) is 0 Å². The molecule has 2 aromatic rings. The van der Waals surface area contributed by atoms with Crippen molar-refractivity contribution in [2.45, 2.75) is 31.1 Å². The standard InChI is InChI=1S/C22H19NO4/c24-18-9-15(13-4-2-1-3-5-13)8-17-22(18)16(11-21(25)23-17)14-6-7-19-20(10-14)27-12-26-19/h1-7,10,15-16H,8-9,11-12H2,(H,23,25)/t15-,16+/m1/s1. The average molecular weight is 361 g/mol. The summed E-state index contributed by atoms with van der Waals surface area (Å²) >= 11 is 0. The Bertz CT molecular complexity index is 964. The van der Waals surface area contributed by atoms with Gasteiger partial charge in [0.15, 0.2) is 17.3 Å². The highest BCUT2D eigenvalue weighted by Gasteiger charge is 2.38. The van der Waals surface area contributed by atoms with Crippen LogP contribution in [0.2, 0.25) is 0 Å². The van der Waals surface area contributed by atoms with Gasteiger partial charge in [-0.3, -0.25) is 9.59 Å². The predicted molar refractivity (Wildman–Crippen MR) is 98.5 cm³/mol. The number of ketones is 1. The number of ether oxygens (including phenoxy) is 2. The van der Waals surface area contributed by atoms with Crippen LogP contribution < -0.4 is 14.8 Å². The zero-order valence-electron chi connectivity index (χ0n) is 14.7. The monoisotopic (exact) mass is 361 g/mol. The summed E-state index contributed by atoms with van der Waals surface area (Å²) in [6.45, 7) is 0.204. The molecule has 0 radical (unpaired) electrons. The Morgan fingerprint density at radius 1 is 0.852 bits per heavy atom. The molecule has 1 aliphatic carbocycles. The fourth-order valence-electron chi connectivity index (χ4n) is 4.34. The summed E-state index contributed by atoms with van der Waals surface area (Å²) < 4.78 is 10.8. The lowest BCUT2D eigenvalue weighted by Crippen LogP contribution is -2.38. The van der Waals surface area contributed by atoms with Gasteiger partial charge in [0, 0.05) is 30.0 Å². The van der Waals surface area contributed by atoms with E-state index in [1.807, 2.05) is 48.5 Å². The van der Waals surface area contributed by atoms with Crippen molar-refractivity contribution >= 4 is 11.7 Å². The van der Waals surface area contributed by atoms with Gasteiger partial charge in [-0.1, -0.05) is 36.4 Å². The van der Waals surface area contributed by atoms with E-state index in [1.165, 1.54) is 0 Å². The van der Waals surface area contributed by atoms with Crippen LogP contribution in [0, 0.1) is 0 Å². The number of rotatable bonds is 2. The van der Waals surface area contributed by atoms with Crippen LogP contribution in [0.3, 0.4) is 0 Å². The second-order valence-electron chi connectivity index (χ2n) is 7.25. The molecule has 5 nitrogen and oxygen atoms in total. The summed E-state index contributed by atoms with van der Waals surface area (Å²) in [5.41, 5.74) is 3.59. The number of allylic oxidation sites excluding steroid dienone is 2. The molecule has 0 saturated carbocycles. The smallest absolute Gasteiger partial charge is 0.231 e. The minimum absolute atomic E-state index is 0.0436. The predicted octanol–water partition coefficient (Wildman–Crippen LogP) is 3.42. The summed E-state index contributed by atoms with van der Waals surface area (Å²) in [6, 6.07) is 15.7. The highest BCUT2D eigenvalue weighted by atomic mass is 16.7. The Balaban J connectivity index is 1.52. The van der Waals surface area contributed by atoms with Gasteiger partial charge in [-0.05, 0) is 35.6 Å². The lowest BCUT2D eigenvalue weighted by atomic mass is 9.73. The Morgan fingerprint density at radius 2 is 1.67 bits per heavy atom. The number of carbonyl (C=O) groups is 2. The zero-order chi connectivity index (χ0) is 18.4. The maximum Gasteiger partial charge on any atom is 0.231 e. The molecule has 2 aliphatic heterocycles. The van der Waals surface area contributed by atoms with Crippen LogP contribution in [0.5, 0.6) is 11.5 Å². The molecule has 2 aromatic carbocycles. The third kappa shape index (κ3) is 2.79. The van der Waals surface area contributed by atoms with E-state index < -0.39 is 0 Å². The van der Waals surface area contributed by atoms with E-state index in [0.717, 1.165) is 22.4 Å². The molecular weight excluding hydrogens is 342 g/mol. The normalized spacial score (nSPS) is 23.9. The number of Topliss-reactive ketones (excluding diaryl/α,β-unsaturated/α-hetero) is 1. The molecule has 0 spiro atoms. The highest BCUT2D eigenvalue weighted by molar-refractivity contribution is 6.02. The van der Waals surface area contributed by atoms with E-state index in [2.05, 4.69) is 5.32 Å². The molecule has 1 amide bonds. The largest absolute Gasteiger partial charge is 0.454 e. The fourth-order valence-corrected chi connectivity index (χ4v) is 4.34. The summed E-state index contributed by atoms with van der Waals surface area (Å²) in [7, 11) is 0. The van der Waals surface area contributed by atoms with Gasteiger partial charge in [0.25, 0.3) is 0 Å². The van der Waals surface area contributed by atoms with Gasteiger partial charge >= 0.3 is 0 Å². The van der Waals surface area contributed by atoms with E-state index in [1.54, 1.807) is 0 Å². The summed E-state index contributed by atoms with van der Waals surface area (Å²) in [6.07, 6.45) is 1.43. The third-order valence-electron chi connectivity index (χ3n) is 5.61. The van der Waals surface area contributed by atoms with E-state index in [9.17, 15) is 9.59 Å². The number of carbonyl (C=O) groups excluding carboxylic acids is 2. The Hall–Kier alpha value is -3.08. The molecule has 3 aliphatic rings. The van der Waals surface area contributed by atoms with Crippen molar-refractivity contribution < 1.29 is 19.1 Å². The summed E-state index contributed by atoms with van der Waals surface area (Å²) in [4.78, 5) is 25.4. The van der Waals surface area contributed by atoms with Gasteiger partial charge in [-0.25, -0.2) is 0 Å². The van der Waals surface area contributed by atoms with E-state index in [-0.39, 0.29) is 36.7 Å². The first-order chi connectivity index (χ1) is 13.2. The van der Waals surface area contributed by atoms with Gasteiger partial charge in [0.05, 0.1) is 0 Å². The van der Waals surface area contributed by atoms with E-state index in [0.29, 0.717) is 24.3 Å². The maximum atomic E-state index is 13.1. The molecule has 0 bridgehead atoms. The first-order valence-electron chi connectivity index (χ1n) is 9.19. The first-order valence-corrected chi connectivity index (χ1v) is 9.19. The first kappa shape index (κ1) is 16.1. The minimum Gasteiger partial charge on any atom is -0.454 e. The van der Waals surface area contributed by atoms with Crippen molar-refractivity contribution in [3.63, 3.8) is 0 Å². The minimum atomic E-state index is -0.229. The van der Waals surface area contributed by atoms with Crippen LogP contribution in [0.4, 0.5) is 0 Å². The molecule has 0 fully saturated rings. The van der Waals surface area contributed by atoms with E-state index in [4.69, 9.17) is 9.47 Å². The van der Waals surface area contributed by atoms with Crippen molar-refractivity contribution in [1.29, 1.82) is 0 Å². The summed E-state index contributed by atoms with van der Waals surface area (Å²) in [5.74, 6) is 1.32. The molecule has 5 rings (SSSR count). The van der Waals surface area contributed by atoms with Gasteiger partial charge in [-0.15, -0.1) is 0 Å². The van der Waals surface area contributed by atoms with Gasteiger partial charge in [0.2, 0.25) is 12.7 Å². The van der Waals surface area contributed by atoms with E-state index >= 15 is 0 Å². The zero-order valence-corrected chi connectivity index (χ0v) is 14.7. The number of benzene rings is 2. The van der Waals surface area contributed by atoms with Crippen LogP contribution in [-0.2, 0) is 9.59 Å².